The van der Waals surface area contributed by atoms with Gasteiger partial charge < -0.3 is 9.63 Å². The zero-order valence-corrected chi connectivity index (χ0v) is 12.6. The zero-order chi connectivity index (χ0) is 15.5. The molecule has 0 bridgehead atoms. The number of likely N-dealkylation sites (tertiary alicyclic amines) is 1. The summed E-state index contributed by atoms with van der Waals surface area (Å²) in [6.45, 7) is 4.31. The molecule has 0 radical (unpaired) electrons. The van der Waals surface area contributed by atoms with Crippen molar-refractivity contribution in [1.82, 2.24) is 15.0 Å². The quantitative estimate of drug-likeness (QED) is 0.939. The third-order valence-corrected chi connectivity index (χ3v) is 4.12. The Morgan fingerprint density at radius 3 is 3.09 bits per heavy atom. The minimum atomic E-state index is -0.273. The highest BCUT2D eigenvalue weighted by molar-refractivity contribution is 5.54. The molecular weight excluding hydrogens is 285 g/mol. The van der Waals surface area contributed by atoms with Gasteiger partial charge in [0.05, 0.1) is 6.54 Å². The van der Waals surface area contributed by atoms with E-state index < -0.39 is 0 Å². The molecule has 1 aromatic heterocycles. The van der Waals surface area contributed by atoms with Gasteiger partial charge in [0.25, 0.3) is 0 Å². The van der Waals surface area contributed by atoms with Crippen LogP contribution in [0.4, 0.5) is 4.39 Å². The Hall–Kier alpha value is -1.79. The third kappa shape index (κ3) is 3.34. The van der Waals surface area contributed by atoms with E-state index in [-0.39, 0.29) is 12.4 Å². The lowest BCUT2D eigenvalue weighted by atomic mass is 9.99. The number of hydrogen-bond donors (Lipinski definition) is 1. The molecule has 22 heavy (non-hydrogen) atoms. The molecule has 2 aromatic rings. The molecule has 1 atom stereocenters. The molecule has 1 aromatic carbocycles. The molecule has 1 fully saturated rings. The van der Waals surface area contributed by atoms with Gasteiger partial charge in [-0.1, -0.05) is 17.3 Å². The topological polar surface area (TPSA) is 62.4 Å². The Bertz CT molecular complexity index is 644. The molecule has 118 valence electrons. The van der Waals surface area contributed by atoms with Crippen LogP contribution in [0.3, 0.4) is 0 Å². The predicted molar refractivity (Wildman–Crippen MR) is 79.5 cm³/mol. The van der Waals surface area contributed by atoms with Crippen LogP contribution >= 0.6 is 0 Å². The lowest BCUT2D eigenvalue weighted by Gasteiger charge is -2.30. The predicted octanol–water partition coefficient (Wildman–Crippen LogP) is 2.39. The highest BCUT2D eigenvalue weighted by Gasteiger charge is 2.21. The lowest BCUT2D eigenvalue weighted by molar-refractivity contribution is 0.107. The van der Waals surface area contributed by atoms with E-state index in [0.717, 1.165) is 25.9 Å². The highest BCUT2D eigenvalue weighted by atomic mass is 19.1. The Labute approximate surface area is 128 Å². The van der Waals surface area contributed by atoms with E-state index in [1.54, 1.807) is 19.1 Å². The van der Waals surface area contributed by atoms with Gasteiger partial charge >= 0.3 is 0 Å². The van der Waals surface area contributed by atoms with E-state index in [9.17, 15) is 9.50 Å². The van der Waals surface area contributed by atoms with E-state index in [1.807, 2.05) is 0 Å². The second-order valence-electron chi connectivity index (χ2n) is 5.90. The van der Waals surface area contributed by atoms with Gasteiger partial charge in [-0.2, -0.15) is 4.98 Å². The van der Waals surface area contributed by atoms with E-state index in [1.165, 1.54) is 6.07 Å². The van der Waals surface area contributed by atoms with Crippen LogP contribution in [0.15, 0.2) is 22.7 Å². The number of nitrogens with zero attached hydrogens (tertiary/aromatic N) is 3. The van der Waals surface area contributed by atoms with Crippen LogP contribution in [0.2, 0.25) is 0 Å². The molecule has 1 saturated heterocycles. The fourth-order valence-electron chi connectivity index (χ4n) is 2.80. The van der Waals surface area contributed by atoms with Crippen molar-refractivity contribution in [2.24, 2.45) is 5.92 Å². The van der Waals surface area contributed by atoms with Crippen molar-refractivity contribution in [3.05, 3.63) is 35.5 Å². The van der Waals surface area contributed by atoms with Gasteiger partial charge in [-0.15, -0.1) is 0 Å². The fraction of sp³-hybridized carbons (Fsp3) is 0.500. The molecule has 3 rings (SSSR count). The summed E-state index contributed by atoms with van der Waals surface area (Å²) in [6.07, 6.45) is 2.13. The van der Waals surface area contributed by atoms with Crippen molar-refractivity contribution < 1.29 is 14.0 Å². The zero-order valence-electron chi connectivity index (χ0n) is 12.6. The smallest absolute Gasteiger partial charge is 0.241 e. The number of aryl methyl sites for hydroxylation is 1. The number of halogens is 1. The van der Waals surface area contributed by atoms with Crippen LogP contribution < -0.4 is 0 Å². The molecule has 0 saturated carbocycles. The normalized spacial score (nSPS) is 19.5. The summed E-state index contributed by atoms with van der Waals surface area (Å²) in [4.78, 5) is 6.55. The monoisotopic (exact) mass is 305 g/mol. The summed E-state index contributed by atoms with van der Waals surface area (Å²) in [5.74, 6) is 0.979. The third-order valence-electron chi connectivity index (χ3n) is 4.12. The van der Waals surface area contributed by atoms with Crippen LogP contribution in [-0.4, -0.2) is 39.8 Å². The summed E-state index contributed by atoms with van der Waals surface area (Å²) in [5, 5.41) is 13.2. The Morgan fingerprint density at radius 1 is 1.45 bits per heavy atom. The van der Waals surface area contributed by atoms with Crippen LogP contribution in [0.1, 0.15) is 24.3 Å². The van der Waals surface area contributed by atoms with Gasteiger partial charge in [0.1, 0.15) is 5.82 Å². The number of rotatable bonds is 4. The Kier molecular flexibility index (Phi) is 4.49. The van der Waals surface area contributed by atoms with E-state index in [4.69, 9.17) is 4.52 Å². The van der Waals surface area contributed by atoms with Crippen molar-refractivity contribution >= 4 is 0 Å². The fourth-order valence-corrected chi connectivity index (χ4v) is 2.80. The average Bonchev–Trinajstić information content (AvgIpc) is 2.98. The summed E-state index contributed by atoms with van der Waals surface area (Å²) in [7, 11) is 0. The van der Waals surface area contributed by atoms with Gasteiger partial charge in [-0.05, 0) is 43.9 Å². The number of piperidine rings is 1. The first-order chi connectivity index (χ1) is 10.7. The minimum absolute atomic E-state index is 0.216. The second-order valence-corrected chi connectivity index (χ2v) is 5.90. The number of benzene rings is 1. The molecule has 0 spiro atoms. The molecule has 2 heterocycles. The maximum Gasteiger partial charge on any atom is 0.241 e. The first kappa shape index (κ1) is 15.1. The van der Waals surface area contributed by atoms with Crippen molar-refractivity contribution in [3.8, 4) is 11.4 Å². The first-order valence-corrected chi connectivity index (χ1v) is 7.58. The van der Waals surface area contributed by atoms with E-state index in [0.29, 0.717) is 35.3 Å². The lowest BCUT2D eigenvalue weighted by Crippen LogP contribution is -2.36. The van der Waals surface area contributed by atoms with Crippen LogP contribution in [-0.2, 0) is 6.54 Å². The Balaban J connectivity index is 1.69. The van der Waals surface area contributed by atoms with Gasteiger partial charge in [-0.3, -0.25) is 4.90 Å². The van der Waals surface area contributed by atoms with E-state index >= 15 is 0 Å². The molecule has 1 aliphatic rings. The first-order valence-electron chi connectivity index (χ1n) is 7.58. The van der Waals surface area contributed by atoms with Gasteiger partial charge in [-0.25, -0.2) is 4.39 Å². The summed E-state index contributed by atoms with van der Waals surface area (Å²) in [6, 6.07) is 4.92. The summed E-state index contributed by atoms with van der Waals surface area (Å²) < 4.78 is 18.9. The molecular formula is C16H20FN3O2. The van der Waals surface area contributed by atoms with Gasteiger partial charge in [0, 0.05) is 18.7 Å². The molecule has 5 nitrogen and oxygen atoms in total. The Morgan fingerprint density at radius 2 is 2.32 bits per heavy atom. The maximum absolute atomic E-state index is 13.6. The van der Waals surface area contributed by atoms with Gasteiger partial charge in [0.15, 0.2) is 0 Å². The van der Waals surface area contributed by atoms with Crippen molar-refractivity contribution in [2.45, 2.75) is 26.3 Å². The average molecular weight is 305 g/mol. The molecule has 1 aliphatic heterocycles. The summed E-state index contributed by atoms with van der Waals surface area (Å²) >= 11 is 0. The molecule has 0 amide bonds. The SMILES string of the molecule is Cc1ccc(-c2noc(CN3CCCC(CO)C3)n2)cc1F. The number of hydrogen-bond acceptors (Lipinski definition) is 5. The maximum atomic E-state index is 13.6. The van der Waals surface area contributed by atoms with Crippen LogP contribution in [0.25, 0.3) is 11.4 Å². The second kappa shape index (κ2) is 6.54. The largest absolute Gasteiger partial charge is 0.396 e. The minimum Gasteiger partial charge on any atom is -0.396 e. The molecule has 1 unspecified atom stereocenters. The van der Waals surface area contributed by atoms with Crippen molar-refractivity contribution in [3.63, 3.8) is 0 Å². The number of aliphatic hydroxyl groups is 1. The van der Waals surface area contributed by atoms with Crippen molar-refractivity contribution in [1.29, 1.82) is 0 Å². The highest BCUT2D eigenvalue weighted by Crippen LogP contribution is 2.21. The molecule has 1 N–H and O–H groups in total. The number of aliphatic hydroxyl groups excluding tert-OH is 1. The molecule has 6 heteroatoms. The van der Waals surface area contributed by atoms with Crippen LogP contribution in [0.5, 0.6) is 0 Å². The summed E-state index contributed by atoms with van der Waals surface area (Å²) in [5.41, 5.74) is 1.21. The van der Waals surface area contributed by atoms with Crippen LogP contribution in [0, 0.1) is 18.7 Å². The standard InChI is InChI=1S/C16H20FN3O2/c1-11-4-5-13(7-14(11)17)16-18-15(22-19-16)9-20-6-2-3-12(8-20)10-21/h4-5,7,12,21H,2-3,6,8-10H2,1H3. The number of aromatic nitrogens is 2. The van der Waals surface area contributed by atoms with E-state index in [2.05, 4.69) is 15.0 Å². The van der Waals surface area contributed by atoms with Crippen molar-refractivity contribution in [2.75, 3.05) is 19.7 Å². The van der Waals surface area contributed by atoms with Gasteiger partial charge in [0.2, 0.25) is 11.7 Å². The molecule has 0 aliphatic carbocycles.